The molecule has 1 nitrogen and oxygen atoms in total. The highest BCUT2D eigenvalue weighted by Gasteiger charge is 2.59. The van der Waals surface area contributed by atoms with Gasteiger partial charge in [-0.1, -0.05) is 12.8 Å². The van der Waals surface area contributed by atoms with Gasteiger partial charge in [-0.2, -0.15) is 0 Å². The molecule has 1 unspecified atom stereocenters. The maximum absolute atomic E-state index is 15.3. The molecule has 0 saturated heterocycles. The number of alkyl halides is 1. The molecule has 0 aromatic heterocycles. The summed E-state index contributed by atoms with van der Waals surface area (Å²) in [7, 11) is 0. The van der Waals surface area contributed by atoms with Crippen LogP contribution in [0.25, 0.3) is 0 Å². The lowest BCUT2D eigenvalue weighted by Gasteiger charge is -2.57. The molecule has 0 radical (unpaired) electrons. The Morgan fingerprint density at radius 3 is 1.90 bits per heavy atom. The van der Waals surface area contributed by atoms with Crippen molar-refractivity contribution in [1.29, 1.82) is 0 Å². The summed E-state index contributed by atoms with van der Waals surface area (Å²) in [6.07, 6.45) is 11.0. The molecule has 112 valence electrons. The summed E-state index contributed by atoms with van der Waals surface area (Å²) >= 11 is 0. The van der Waals surface area contributed by atoms with Gasteiger partial charge in [-0.15, -0.1) is 0 Å². The Kier molecular flexibility index (Phi) is 2.86. The Bertz CT molecular complexity index is 384. The number of Topliss-reactive ketones (excluding diaryl/α,β-unsaturated/α-hetero) is 1. The third-order valence-corrected chi connectivity index (χ3v) is 7.09. The minimum absolute atomic E-state index is 0.00278. The number of hydrogen-bond donors (Lipinski definition) is 0. The van der Waals surface area contributed by atoms with Gasteiger partial charge in [0.05, 0.1) is 0 Å². The monoisotopic (exact) mass is 278 g/mol. The van der Waals surface area contributed by atoms with Crippen molar-refractivity contribution in [1.82, 2.24) is 0 Å². The van der Waals surface area contributed by atoms with Gasteiger partial charge in [0.2, 0.25) is 0 Å². The minimum atomic E-state index is -1.55. The second-order valence-corrected chi connectivity index (χ2v) is 8.58. The summed E-state index contributed by atoms with van der Waals surface area (Å²) in [6.45, 7) is 1.61. The maximum Gasteiger partial charge on any atom is 0.176 e. The van der Waals surface area contributed by atoms with Gasteiger partial charge in [-0.25, -0.2) is 4.39 Å². The van der Waals surface area contributed by atoms with Crippen LogP contribution in [0.4, 0.5) is 4.39 Å². The molecule has 0 aliphatic heterocycles. The van der Waals surface area contributed by atoms with Crippen LogP contribution < -0.4 is 0 Å². The third kappa shape index (κ3) is 1.82. The maximum atomic E-state index is 15.3. The van der Waals surface area contributed by atoms with Crippen molar-refractivity contribution in [3.8, 4) is 0 Å². The second kappa shape index (κ2) is 4.30. The normalized spacial score (nSPS) is 46.6. The molecule has 5 aliphatic rings. The van der Waals surface area contributed by atoms with Gasteiger partial charge in [0, 0.05) is 5.41 Å². The lowest BCUT2D eigenvalue weighted by atomic mass is 9.47. The zero-order chi connectivity index (χ0) is 14.0. The van der Waals surface area contributed by atoms with E-state index in [4.69, 9.17) is 0 Å². The van der Waals surface area contributed by atoms with E-state index in [1.54, 1.807) is 6.92 Å². The van der Waals surface area contributed by atoms with Crippen LogP contribution in [0.15, 0.2) is 0 Å². The molecule has 0 amide bonds. The molecule has 0 aromatic carbocycles. The van der Waals surface area contributed by atoms with Crippen molar-refractivity contribution in [3.05, 3.63) is 0 Å². The van der Waals surface area contributed by atoms with Crippen molar-refractivity contribution in [2.45, 2.75) is 76.8 Å². The van der Waals surface area contributed by atoms with Gasteiger partial charge >= 0.3 is 0 Å². The number of ketones is 1. The summed E-state index contributed by atoms with van der Waals surface area (Å²) in [6, 6.07) is 0. The number of halogens is 1. The van der Waals surface area contributed by atoms with E-state index < -0.39 is 5.67 Å². The largest absolute Gasteiger partial charge is 0.295 e. The van der Waals surface area contributed by atoms with Crippen molar-refractivity contribution < 1.29 is 9.18 Å². The first-order valence-electron chi connectivity index (χ1n) is 8.73. The Morgan fingerprint density at radius 1 is 1.00 bits per heavy atom. The standard InChI is InChI=1S/C18H27FO/c1-17(19,15-4-2-3-5-15)16(20)18-9-12-6-13(10-18)8-14(7-12)11-18/h12-15H,2-11H2,1H3. The Balaban J connectivity index is 1.61. The van der Waals surface area contributed by atoms with E-state index in [1.165, 1.54) is 19.3 Å². The van der Waals surface area contributed by atoms with Crippen molar-refractivity contribution in [2.24, 2.45) is 29.1 Å². The fraction of sp³-hybridized carbons (Fsp3) is 0.944. The van der Waals surface area contributed by atoms with E-state index in [1.807, 2.05) is 0 Å². The molecule has 0 spiro atoms. The van der Waals surface area contributed by atoms with Crippen LogP contribution in [0.2, 0.25) is 0 Å². The van der Waals surface area contributed by atoms with Gasteiger partial charge < -0.3 is 0 Å². The topological polar surface area (TPSA) is 17.1 Å². The van der Waals surface area contributed by atoms with Crippen LogP contribution in [0, 0.1) is 29.1 Å². The Morgan fingerprint density at radius 2 is 1.45 bits per heavy atom. The smallest absolute Gasteiger partial charge is 0.176 e. The van der Waals surface area contributed by atoms with Crippen LogP contribution in [0.5, 0.6) is 0 Å². The predicted octanol–water partition coefficient (Wildman–Crippen LogP) is 4.69. The Labute approximate surface area is 121 Å². The number of carbonyl (C=O) groups excluding carboxylic acids is 1. The van der Waals surface area contributed by atoms with Crippen molar-refractivity contribution in [3.63, 3.8) is 0 Å². The zero-order valence-corrected chi connectivity index (χ0v) is 12.7. The number of hydrogen-bond acceptors (Lipinski definition) is 1. The van der Waals surface area contributed by atoms with Crippen LogP contribution in [-0.4, -0.2) is 11.5 Å². The molecule has 5 aliphatic carbocycles. The molecular formula is C18H27FO. The molecule has 2 heteroatoms. The number of rotatable bonds is 3. The molecule has 5 rings (SSSR count). The molecule has 0 N–H and O–H groups in total. The van der Waals surface area contributed by atoms with Crippen LogP contribution >= 0.6 is 0 Å². The molecule has 1 atom stereocenters. The van der Waals surface area contributed by atoms with Gasteiger partial charge in [-0.05, 0) is 82.0 Å². The summed E-state index contributed by atoms with van der Waals surface area (Å²) in [5.74, 6) is 2.19. The van der Waals surface area contributed by atoms with Crippen LogP contribution in [-0.2, 0) is 4.79 Å². The van der Waals surface area contributed by atoms with Crippen molar-refractivity contribution in [2.75, 3.05) is 0 Å². The summed E-state index contributed by atoms with van der Waals surface area (Å²) in [5.41, 5.74) is -1.82. The van der Waals surface area contributed by atoms with Gasteiger partial charge in [-0.3, -0.25) is 4.79 Å². The fourth-order valence-corrected chi connectivity index (χ4v) is 6.56. The minimum Gasteiger partial charge on any atom is -0.295 e. The highest BCUT2D eigenvalue weighted by molar-refractivity contribution is 5.93. The zero-order valence-electron chi connectivity index (χ0n) is 12.7. The van der Waals surface area contributed by atoms with Crippen LogP contribution in [0.3, 0.4) is 0 Å². The number of carbonyl (C=O) groups is 1. The SMILES string of the molecule is CC(F)(C(=O)C12CC3CC(CC(C3)C1)C2)C1CCCC1. The van der Waals surface area contributed by atoms with E-state index in [0.717, 1.165) is 62.7 Å². The highest BCUT2D eigenvalue weighted by atomic mass is 19.1. The molecular weight excluding hydrogens is 251 g/mol. The summed E-state index contributed by atoms with van der Waals surface area (Å²) in [5, 5.41) is 0. The van der Waals surface area contributed by atoms with Crippen molar-refractivity contribution >= 4 is 5.78 Å². The lowest BCUT2D eigenvalue weighted by Crippen LogP contribution is -2.56. The van der Waals surface area contributed by atoms with E-state index in [0.29, 0.717) is 0 Å². The third-order valence-electron chi connectivity index (χ3n) is 7.09. The Hall–Kier alpha value is -0.400. The van der Waals surface area contributed by atoms with E-state index in [9.17, 15) is 4.79 Å². The van der Waals surface area contributed by atoms with E-state index in [2.05, 4.69) is 0 Å². The highest BCUT2D eigenvalue weighted by Crippen LogP contribution is 2.62. The molecule has 0 heterocycles. The summed E-state index contributed by atoms with van der Waals surface area (Å²) < 4.78 is 15.3. The predicted molar refractivity (Wildman–Crippen MR) is 77.1 cm³/mol. The second-order valence-electron chi connectivity index (χ2n) is 8.58. The fourth-order valence-electron chi connectivity index (χ4n) is 6.56. The molecule has 4 bridgehead atoms. The van der Waals surface area contributed by atoms with Gasteiger partial charge in [0.1, 0.15) is 0 Å². The molecule has 0 aromatic rings. The molecule has 5 fully saturated rings. The van der Waals surface area contributed by atoms with E-state index in [-0.39, 0.29) is 17.1 Å². The van der Waals surface area contributed by atoms with Crippen LogP contribution in [0.1, 0.15) is 71.1 Å². The first kappa shape index (κ1) is 13.3. The van der Waals surface area contributed by atoms with Gasteiger partial charge in [0.15, 0.2) is 11.5 Å². The molecule has 20 heavy (non-hydrogen) atoms. The van der Waals surface area contributed by atoms with E-state index >= 15 is 4.39 Å². The first-order chi connectivity index (χ1) is 9.49. The van der Waals surface area contributed by atoms with Gasteiger partial charge in [0.25, 0.3) is 0 Å². The average Bonchev–Trinajstić information content (AvgIpc) is 2.90. The quantitative estimate of drug-likeness (QED) is 0.732. The lowest BCUT2D eigenvalue weighted by molar-refractivity contribution is -0.158. The summed E-state index contributed by atoms with van der Waals surface area (Å²) in [4.78, 5) is 13.1. The average molecular weight is 278 g/mol. The first-order valence-corrected chi connectivity index (χ1v) is 8.73. The molecule has 5 saturated carbocycles.